The van der Waals surface area contributed by atoms with Crippen LogP contribution in [0.4, 0.5) is 0 Å². The van der Waals surface area contributed by atoms with Crippen LogP contribution in [-0.2, 0) is 14.6 Å². The number of rotatable bonds is 6. The summed E-state index contributed by atoms with van der Waals surface area (Å²) >= 11 is 0. The molecular weight excluding hydrogens is 282 g/mol. The van der Waals surface area contributed by atoms with Crippen molar-refractivity contribution in [3.05, 3.63) is 29.8 Å². The second-order valence-electron chi connectivity index (χ2n) is 4.11. The fraction of sp³-hybridized carbons (Fsp3) is 0.385. The van der Waals surface area contributed by atoms with Gasteiger partial charge in [-0.2, -0.15) is 0 Å². The number of sulfone groups is 1. The lowest BCUT2D eigenvalue weighted by Crippen LogP contribution is -2.36. The number of carbonyl (C=O) groups is 2. The zero-order valence-corrected chi connectivity index (χ0v) is 12.2. The summed E-state index contributed by atoms with van der Waals surface area (Å²) in [5, 5.41) is 8.77. The molecule has 0 fully saturated rings. The molecule has 0 heterocycles. The lowest BCUT2D eigenvalue weighted by molar-refractivity contribution is -0.137. The van der Waals surface area contributed by atoms with Gasteiger partial charge in [-0.3, -0.25) is 9.59 Å². The number of carboxylic acid groups (broad SMARTS) is 1. The van der Waals surface area contributed by atoms with Crippen molar-refractivity contribution in [1.29, 1.82) is 0 Å². The van der Waals surface area contributed by atoms with Gasteiger partial charge in [-0.15, -0.1) is 0 Å². The van der Waals surface area contributed by atoms with Crippen LogP contribution in [0.5, 0.6) is 0 Å². The average molecular weight is 299 g/mol. The van der Waals surface area contributed by atoms with Gasteiger partial charge in [-0.05, 0) is 19.1 Å². The summed E-state index contributed by atoms with van der Waals surface area (Å²) in [5.74, 6) is -1.86. The number of amides is 1. The Labute approximate surface area is 117 Å². The fourth-order valence-electron chi connectivity index (χ4n) is 1.73. The molecule has 0 aliphatic carbocycles. The largest absolute Gasteiger partial charge is 0.480 e. The Morgan fingerprint density at radius 3 is 2.30 bits per heavy atom. The van der Waals surface area contributed by atoms with Gasteiger partial charge in [0.15, 0.2) is 9.84 Å². The zero-order valence-electron chi connectivity index (χ0n) is 11.4. The summed E-state index contributed by atoms with van der Waals surface area (Å²) in [6.07, 6.45) is 0. The minimum atomic E-state index is -3.54. The predicted molar refractivity (Wildman–Crippen MR) is 73.4 cm³/mol. The van der Waals surface area contributed by atoms with E-state index in [4.69, 9.17) is 5.11 Å². The second-order valence-corrected chi connectivity index (χ2v) is 6.36. The minimum absolute atomic E-state index is 0.0115. The van der Waals surface area contributed by atoms with E-state index in [1.807, 2.05) is 0 Å². The number of carbonyl (C=O) groups excluding carboxylic acids is 1. The zero-order chi connectivity index (χ0) is 15.3. The van der Waals surface area contributed by atoms with E-state index in [1.165, 1.54) is 25.1 Å². The topological polar surface area (TPSA) is 91.8 Å². The van der Waals surface area contributed by atoms with Gasteiger partial charge in [0.05, 0.1) is 16.2 Å². The number of hydrogen-bond acceptors (Lipinski definition) is 4. The molecule has 1 amide bonds. The summed E-state index contributed by atoms with van der Waals surface area (Å²) < 4.78 is 23.9. The van der Waals surface area contributed by atoms with Crippen LogP contribution in [-0.4, -0.2) is 49.1 Å². The second kappa shape index (κ2) is 6.51. The quantitative estimate of drug-likeness (QED) is 0.847. The van der Waals surface area contributed by atoms with Gasteiger partial charge in [0.1, 0.15) is 6.54 Å². The first-order valence-corrected chi connectivity index (χ1v) is 7.81. The molecule has 1 rings (SSSR count). The van der Waals surface area contributed by atoms with Crippen LogP contribution in [0.2, 0.25) is 0 Å². The highest BCUT2D eigenvalue weighted by molar-refractivity contribution is 7.91. The third-order valence-electron chi connectivity index (χ3n) is 2.83. The molecule has 0 aromatic heterocycles. The van der Waals surface area contributed by atoms with E-state index in [0.29, 0.717) is 0 Å². The van der Waals surface area contributed by atoms with Crippen LogP contribution in [0.3, 0.4) is 0 Å². The molecular formula is C13H17NO5S. The number of hydrogen-bond donors (Lipinski definition) is 1. The van der Waals surface area contributed by atoms with E-state index in [1.54, 1.807) is 13.0 Å². The molecule has 7 heteroatoms. The maximum atomic E-state index is 12.3. The van der Waals surface area contributed by atoms with Crippen LogP contribution in [0.15, 0.2) is 29.2 Å². The lowest BCUT2D eigenvalue weighted by atomic mass is 10.2. The molecule has 0 saturated heterocycles. The first-order valence-electron chi connectivity index (χ1n) is 6.16. The maximum Gasteiger partial charge on any atom is 0.323 e. The van der Waals surface area contributed by atoms with Gasteiger partial charge in [-0.1, -0.05) is 19.1 Å². The molecule has 0 radical (unpaired) electrons. The van der Waals surface area contributed by atoms with Crippen molar-refractivity contribution in [2.75, 3.05) is 18.8 Å². The van der Waals surface area contributed by atoms with Crippen LogP contribution in [0.25, 0.3) is 0 Å². The van der Waals surface area contributed by atoms with E-state index < -0.39 is 28.3 Å². The highest BCUT2D eigenvalue weighted by Crippen LogP contribution is 2.18. The average Bonchev–Trinajstić information content (AvgIpc) is 2.43. The summed E-state index contributed by atoms with van der Waals surface area (Å²) in [5.41, 5.74) is 0.0115. The molecule has 0 atom stereocenters. The van der Waals surface area contributed by atoms with Gasteiger partial charge in [0.25, 0.3) is 5.91 Å². The van der Waals surface area contributed by atoms with E-state index in [2.05, 4.69) is 0 Å². The van der Waals surface area contributed by atoms with Crippen molar-refractivity contribution in [3.8, 4) is 0 Å². The SMILES string of the molecule is CCN(CC(=O)O)C(=O)c1ccccc1S(=O)(=O)CC. The highest BCUT2D eigenvalue weighted by atomic mass is 32.2. The number of nitrogens with zero attached hydrogens (tertiary/aromatic N) is 1. The molecule has 110 valence electrons. The Bertz CT molecular complexity index is 609. The van der Waals surface area contributed by atoms with Crippen molar-refractivity contribution < 1.29 is 23.1 Å². The Balaban J connectivity index is 3.26. The van der Waals surface area contributed by atoms with Gasteiger partial charge in [0, 0.05) is 6.54 Å². The van der Waals surface area contributed by atoms with Gasteiger partial charge in [-0.25, -0.2) is 8.42 Å². The van der Waals surface area contributed by atoms with E-state index in [-0.39, 0.29) is 22.8 Å². The molecule has 6 nitrogen and oxygen atoms in total. The van der Waals surface area contributed by atoms with Crippen molar-refractivity contribution >= 4 is 21.7 Å². The van der Waals surface area contributed by atoms with Gasteiger partial charge >= 0.3 is 5.97 Å². The molecule has 0 bridgehead atoms. The number of benzene rings is 1. The van der Waals surface area contributed by atoms with Crippen molar-refractivity contribution in [2.45, 2.75) is 18.7 Å². The van der Waals surface area contributed by atoms with Crippen molar-refractivity contribution in [3.63, 3.8) is 0 Å². The third kappa shape index (κ3) is 3.57. The van der Waals surface area contributed by atoms with Crippen LogP contribution < -0.4 is 0 Å². The monoisotopic (exact) mass is 299 g/mol. The molecule has 1 aromatic carbocycles. The van der Waals surface area contributed by atoms with Gasteiger partial charge < -0.3 is 10.0 Å². The van der Waals surface area contributed by atoms with E-state index in [0.717, 1.165) is 4.90 Å². The Kier molecular flexibility index (Phi) is 5.26. The Morgan fingerprint density at radius 2 is 1.80 bits per heavy atom. The van der Waals surface area contributed by atoms with Crippen LogP contribution in [0.1, 0.15) is 24.2 Å². The number of likely N-dealkylation sites (N-methyl/N-ethyl adjacent to an activating group) is 1. The minimum Gasteiger partial charge on any atom is -0.480 e. The van der Waals surface area contributed by atoms with E-state index >= 15 is 0 Å². The van der Waals surface area contributed by atoms with Gasteiger partial charge in [0.2, 0.25) is 0 Å². The number of carboxylic acids is 1. The summed E-state index contributed by atoms with van der Waals surface area (Å²) in [6, 6.07) is 5.85. The molecule has 20 heavy (non-hydrogen) atoms. The molecule has 0 unspecified atom stereocenters. The summed E-state index contributed by atoms with van der Waals surface area (Å²) in [7, 11) is -3.54. The molecule has 1 N–H and O–H groups in total. The van der Waals surface area contributed by atoms with Crippen LogP contribution >= 0.6 is 0 Å². The predicted octanol–water partition coefficient (Wildman–Crippen LogP) is 1.03. The molecule has 0 aliphatic rings. The highest BCUT2D eigenvalue weighted by Gasteiger charge is 2.24. The molecule has 0 spiro atoms. The summed E-state index contributed by atoms with van der Waals surface area (Å²) in [4.78, 5) is 24.1. The Morgan fingerprint density at radius 1 is 1.20 bits per heavy atom. The molecule has 1 aromatic rings. The normalized spacial score (nSPS) is 11.1. The third-order valence-corrected chi connectivity index (χ3v) is 4.61. The number of aliphatic carboxylic acids is 1. The smallest absolute Gasteiger partial charge is 0.323 e. The standard InChI is InChI=1S/C13H17NO5S/c1-3-14(9-12(15)16)13(17)10-7-5-6-8-11(10)20(18,19)4-2/h5-8H,3-4,9H2,1-2H3,(H,15,16). The Hall–Kier alpha value is -1.89. The van der Waals surface area contributed by atoms with Crippen molar-refractivity contribution in [2.24, 2.45) is 0 Å². The maximum absolute atomic E-state index is 12.3. The first-order chi connectivity index (χ1) is 9.33. The first kappa shape index (κ1) is 16.2. The fourth-order valence-corrected chi connectivity index (χ4v) is 2.82. The lowest BCUT2D eigenvalue weighted by Gasteiger charge is -2.20. The van der Waals surface area contributed by atoms with Crippen molar-refractivity contribution in [1.82, 2.24) is 4.90 Å². The summed E-state index contributed by atoms with van der Waals surface area (Å²) in [6.45, 7) is 2.85. The van der Waals surface area contributed by atoms with Crippen LogP contribution in [0, 0.1) is 0 Å². The molecule has 0 aliphatic heterocycles. The molecule has 0 saturated carbocycles. The van der Waals surface area contributed by atoms with E-state index in [9.17, 15) is 18.0 Å².